The molecule has 30 heavy (non-hydrogen) atoms. The molecule has 156 valence electrons. The maximum Gasteiger partial charge on any atom is 0.518 e. The van der Waals surface area contributed by atoms with Gasteiger partial charge in [0, 0.05) is 20.1 Å². The predicted molar refractivity (Wildman–Crippen MR) is 119 cm³/mol. The highest BCUT2D eigenvalue weighted by Gasteiger charge is 2.03. The molecule has 2 aromatic heterocycles. The SMILES string of the molecule is Cc1cc(-c2ncco2)ccc1Br.Cc1cc(C(N)=O)ccc1Br.O=c1occo1. The summed E-state index contributed by atoms with van der Waals surface area (Å²) >= 11 is 6.77. The van der Waals surface area contributed by atoms with Gasteiger partial charge in [-0.2, -0.15) is 0 Å². The second kappa shape index (κ2) is 11.3. The van der Waals surface area contributed by atoms with Crippen molar-refractivity contribution in [2.75, 3.05) is 0 Å². The Balaban J connectivity index is 0.000000171. The van der Waals surface area contributed by atoms with Gasteiger partial charge < -0.3 is 19.0 Å². The number of amides is 1. The van der Waals surface area contributed by atoms with Crippen LogP contribution in [0.5, 0.6) is 0 Å². The normalized spacial score (nSPS) is 9.73. The number of primary amides is 1. The van der Waals surface area contributed by atoms with Crippen molar-refractivity contribution in [3.63, 3.8) is 0 Å². The van der Waals surface area contributed by atoms with Gasteiger partial charge in [-0.15, -0.1) is 0 Å². The van der Waals surface area contributed by atoms with Crippen LogP contribution in [-0.2, 0) is 0 Å². The highest BCUT2D eigenvalue weighted by molar-refractivity contribution is 9.10. The molecule has 0 atom stereocenters. The maximum absolute atomic E-state index is 10.7. The van der Waals surface area contributed by atoms with Crippen LogP contribution in [0.3, 0.4) is 0 Å². The monoisotopic (exact) mass is 536 g/mol. The lowest BCUT2D eigenvalue weighted by molar-refractivity contribution is 0.1000. The zero-order chi connectivity index (χ0) is 22.1. The second-order valence-electron chi connectivity index (χ2n) is 5.89. The van der Waals surface area contributed by atoms with Crippen molar-refractivity contribution in [2.24, 2.45) is 5.73 Å². The van der Waals surface area contributed by atoms with Crippen molar-refractivity contribution in [2.45, 2.75) is 13.8 Å². The molecule has 0 spiro atoms. The Hall–Kier alpha value is -2.91. The van der Waals surface area contributed by atoms with Gasteiger partial charge in [-0.05, 0) is 61.4 Å². The number of halogens is 2. The zero-order valence-electron chi connectivity index (χ0n) is 16.1. The third kappa shape index (κ3) is 7.16. The van der Waals surface area contributed by atoms with Crippen LogP contribution in [-0.4, -0.2) is 10.9 Å². The Morgan fingerprint density at radius 2 is 1.50 bits per heavy atom. The number of hydrogen-bond donors (Lipinski definition) is 1. The molecular weight excluding hydrogens is 520 g/mol. The molecule has 0 fully saturated rings. The first-order chi connectivity index (χ1) is 14.3. The van der Waals surface area contributed by atoms with Gasteiger partial charge >= 0.3 is 5.82 Å². The molecule has 0 unspecified atom stereocenters. The minimum atomic E-state index is -0.657. The first-order valence-electron chi connectivity index (χ1n) is 8.52. The topological polar surface area (TPSA) is 112 Å². The van der Waals surface area contributed by atoms with Crippen molar-refractivity contribution < 1.29 is 18.0 Å². The van der Waals surface area contributed by atoms with Crippen molar-refractivity contribution in [1.82, 2.24) is 4.98 Å². The molecule has 9 heteroatoms. The highest BCUT2D eigenvalue weighted by atomic mass is 79.9. The third-order valence-electron chi connectivity index (χ3n) is 3.66. The number of carbonyl (C=O) groups excluding carboxylic acids is 1. The fourth-order valence-corrected chi connectivity index (χ4v) is 2.63. The van der Waals surface area contributed by atoms with Crippen LogP contribution >= 0.6 is 31.9 Å². The molecule has 1 amide bonds. The Morgan fingerprint density at radius 1 is 0.900 bits per heavy atom. The van der Waals surface area contributed by atoms with E-state index in [0.717, 1.165) is 20.1 Å². The van der Waals surface area contributed by atoms with Gasteiger partial charge in [0.15, 0.2) is 0 Å². The summed E-state index contributed by atoms with van der Waals surface area (Å²) in [5.41, 5.74) is 8.82. The number of rotatable bonds is 2. The summed E-state index contributed by atoms with van der Waals surface area (Å²) < 4.78 is 15.5. The van der Waals surface area contributed by atoms with Crippen LogP contribution in [0.25, 0.3) is 11.5 Å². The molecule has 0 saturated heterocycles. The van der Waals surface area contributed by atoms with E-state index in [9.17, 15) is 9.59 Å². The van der Waals surface area contributed by atoms with E-state index >= 15 is 0 Å². The zero-order valence-corrected chi connectivity index (χ0v) is 19.3. The minimum absolute atomic E-state index is 0.388. The van der Waals surface area contributed by atoms with Crippen molar-refractivity contribution in [1.29, 1.82) is 0 Å². The number of aryl methyl sites for hydroxylation is 2. The fourth-order valence-electron chi connectivity index (χ4n) is 2.14. The number of hydrogen-bond acceptors (Lipinski definition) is 6. The Morgan fingerprint density at radius 3 is 1.93 bits per heavy atom. The molecule has 0 aliphatic heterocycles. The summed E-state index contributed by atoms with van der Waals surface area (Å²) in [6.07, 6.45) is 5.59. The van der Waals surface area contributed by atoms with Crippen molar-refractivity contribution >= 4 is 37.8 Å². The average molecular weight is 538 g/mol. The molecule has 0 aliphatic rings. The number of nitrogens with zero attached hydrogens (tertiary/aromatic N) is 1. The molecule has 0 saturated carbocycles. The van der Waals surface area contributed by atoms with Gasteiger partial charge in [0.1, 0.15) is 18.8 Å². The standard InChI is InChI=1S/C10H8BrNO.C8H8BrNO.C3H2O3/c1-7-6-8(2-3-9(7)11)10-12-4-5-13-10;1-5-4-6(8(10)11)2-3-7(5)9;4-3-5-1-2-6-3/h2-6H,1H3;2-4H,1H3,(H2,10,11);1-2H. The summed E-state index contributed by atoms with van der Waals surface area (Å²) in [5, 5.41) is 0. The molecule has 7 nitrogen and oxygen atoms in total. The lowest BCUT2D eigenvalue weighted by Gasteiger charge is -1.99. The first-order valence-corrected chi connectivity index (χ1v) is 10.1. The van der Waals surface area contributed by atoms with E-state index in [2.05, 4.69) is 45.7 Å². The number of aromatic nitrogens is 1. The summed E-state index contributed by atoms with van der Waals surface area (Å²) in [6, 6.07) is 11.3. The molecule has 2 aromatic carbocycles. The van der Waals surface area contributed by atoms with Gasteiger partial charge in [0.05, 0.1) is 6.20 Å². The van der Waals surface area contributed by atoms with Gasteiger partial charge in [0.25, 0.3) is 0 Å². The first kappa shape index (κ1) is 23.4. The average Bonchev–Trinajstić information content (AvgIpc) is 3.41. The van der Waals surface area contributed by atoms with Crippen LogP contribution in [0.1, 0.15) is 21.5 Å². The second-order valence-corrected chi connectivity index (χ2v) is 7.60. The summed E-state index contributed by atoms with van der Waals surface area (Å²) in [4.78, 5) is 24.5. The Kier molecular flexibility index (Phi) is 8.82. The maximum atomic E-state index is 10.7. The van der Waals surface area contributed by atoms with E-state index in [1.165, 1.54) is 18.1 Å². The van der Waals surface area contributed by atoms with Crippen LogP contribution in [0.4, 0.5) is 0 Å². The predicted octanol–water partition coefficient (Wildman–Crippen LogP) is 5.50. The molecule has 0 radical (unpaired) electrons. The van der Waals surface area contributed by atoms with Crippen molar-refractivity contribution in [3.05, 3.63) is 97.6 Å². The third-order valence-corrected chi connectivity index (χ3v) is 5.44. The summed E-state index contributed by atoms with van der Waals surface area (Å²) in [5.74, 6) is -0.383. The minimum Gasteiger partial charge on any atom is -0.445 e. The van der Waals surface area contributed by atoms with E-state index in [1.807, 2.05) is 38.1 Å². The highest BCUT2D eigenvalue weighted by Crippen LogP contribution is 2.23. The molecule has 0 aliphatic carbocycles. The van der Waals surface area contributed by atoms with E-state index in [1.54, 1.807) is 24.6 Å². The summed E-state index contributed by atoms with van der Waals surface area (Å²) in [7, 11) is 0. The van der Waals surface area contributed by atoms with Crippen LogP contribution < -0.4 is 11.6 Å². The van der Waals surface area contributed by atoms with E-state index < -0.39 is 5.82 Å². The van der Waals surface area contributed by atoms with Gasteiger partial charge in [-0.3, -0.25) is 4.79 Å². The molecule has 2 heterocycles. The van der Waals surface area contributed by atoms with E-state index in [0.29, 0.717) is 11.5 Å². The number of carbonyl (C=O) groups is 1. The van der Waals surface area contributed by atoms with Gasteiger partial charge in [-0.1, -0.05) is 31.9 Å². The van der Waals surface area contributed by atoms with Crippen LogP contribution in [0, 0.1) is 13.8 Å². The Bertz CT molecular complexity index is 1130. The van der Waals surface area contributed by atoms with Crippen LogP contribution in [0.2, 0.25) is 0 Å². The molecular formula is C21H18Br2N2O5. The van der Waals surface area contributed by atoms with E-state index in [-0.39, 0.29) is 5.91 Å². The number of benzene rings is 2. The summed E-state index contributed by atoms with van der Waals surface area (Å²) in [6.45, 7) is 3.95. The quantitative estimate of drug-likeness (QED) is 0.361. The fraction of sp³-hybridized carbons (Fsp3) is 0.0952. The number of nitrogens with two attached hydrogens (primary N) is 1. The van der Waals surface area contributed by atoms with E-state index in [4.69, 9.17) is 10.2 Å². The number of oxazole rings is 1. The van der Waals surface area contributed by atoms with Crippen molar-refractivity contribution in [3.8, 4) is 11.5 Å². The molecule has 4 aromatic rings. The van der Waals surface area contributed by atoms with Crippen LogP contribution in [0.15, 0.2) is 88.4 Å². The largest absolute Gasteiger partial charge is 0.518 e. The lowest BCUT2D eigenvalue weighted by atomic mass is 10.1. The molecule has 4 rings (SSSR count). The lowest BCUT2D eigenvalue weighted by Crippen LogP contribution is -2.10. The smallest absolute Gasteiger partial charge is 0.445 e. The Labute approximate surface area is 189 Å². The molecule has 2 N–H and O–H groups in total. The van der Waals surface area contributed by atoms with Gasteiger partial charge in [-0.25, -0.2) is 9.78 Å². The molecule has 0 bridgehead atoms. The van der Waals surface area contributed by atoms with Gasteiger partial charge in [0.2, 0.25) is 11.8 Å².